The number of fused-ring (bicyclic) bond motifs is 1. The lowest BCUT2D eigenvalue weighted by molar-refractivity contribution is -0.146. The number of carbonyl (C=O) groups excluding carboxylic acids is 5. The summed E-state index contributed by atoms with van der Waals surface area (Å²) in [5.74, 6) is -0.572. The smallest absolute Gasteiger partial charge is 0.316 e. The van der Waals surface area contributed by atoms with Crippen molar-refractivity contribution in [3.8, 4) is 23.0 Å². The summed E-state index contributed by atoms with van der Waals surface area (Å²) in [5, 5.41) is 37.6. The van der Waals surface area contributed by atoms with Gasteiger partial charge in [0.2, 0.25) is 0 Å². The quantitative estimate of drug-likeness (QED) is 0.0538. The standard InChI is InChI=1S/2C15H20O3.C14H16O3.C10H12O2.C5H10O2.ClH/c1-9-7-10(2)13(11(3)16)12(8-9)18-14(17)15(4,5)6;1-9-6-10(2)14(11(16)7-9)12(17)8-13(18)15(3,4)5;1-8-5-9(15)6-11-13(8)10(16)7-12(17-11)14(2,3)4;1-6-4-7(2)10(8(3)11)9(12)5-6;1-5(2,3)4(6)7;/h7-8H,1-6H3;6-7,16H,8H2,1-5H3;5-7,15H,1-4H3;4-5,12H,1-3H3;1-3H3,(H,6,7);1H. The van der Waals surface area contributed by atoms with Crippen molar-refractivity contribution in [3.63, 3.8) is 0 Å². The van der Waals surface area contributed by atoms with Crippen LogP contribution in [0.3, 0.4) is 0 Å². The van der Waals surface area contributed by atoms with Gasteiger partial charge in [0.1, 0.15) is 40.1 Å². The molecule has 0 saturated heterocycles. The van der Waals surface area contributed by atoms with Crippen molar-refractivity contribution in [2.24, 2.45) is 16.2 Å². The van der Waals surface area contributed by atoms with Crippen molar-refractivity contribution in [1.82, 2.24) is 0 Å². The van der Waals surface area contributed by atoms with Crippen molar-refractivity contribution in [1.29, 1.82) is 0 Å². The highest BCUT2D eigenvalue weighted by Crippen LogP contribution is 2.30. The van der Waals surface area contributed by atoms with Gasteiger partial charge >= 0.3 is 11.9 Å². The van der Waals surface area contributed by atoms with E-state index < -0.39 is 22.2 Å². The van der Waals surface area contributed by atoms with Crippen LogP contribution in [0.5, 0.6) is 23.0 Å². The first kappa shape index (κ1) is 66.4. The fraction of sp³-hybridized carbons (Fsp3) is 0.441. The number of carbonyl (C=O) groups is 6. The van der Waals surface area contributed by atoms with Crippen LogP contribution in [-0.4, -0.2) is 55.5 Å². The second-order valence-electron chi connectivity index (χ2n) is 22.3. The maximum Gasteiger partial charge on any atom is 0.316 e. The molecule has 0 atom stereocenters. The molecule has 0 amide bonds. The van der Waals surface area contributed by atoms with Crippen molar-refractivity contribution in [2.45, 2.75) is 157 Å². The van der Waals surface area contributed by atoms with Crippen LogP contribution in [0, 0.1) is 64.7 Å². The van der Waals surface area contributed by atoms with E-state index in [0.717, 1.165) is 33.4 Å². The predicted octanol–water partition coefficient (Wildman–Crippen LogP) is 13.5. The lowest BCUT2D eigenvalue weighted by Gasteiger charge is -2.18. The Balaban J connectivity index is 0.000000910. The van der Waals surface area contributed by atoms with E-state index in [4.69, 9.17) is 14.3 Å². The highest BCUT2D eigenvalue weighted by Gasteiger charge is 2.28. The van der Waals surface area contributed by atoms with Gasteiger partial charge in [0.05, 0.1) is 39.3 Å². The zero-order chi connectivity index (χ0) is 56.3. The molecule has 0 unspecified atom stereocenters. The van der Waals surface area contributed by atoms with Gasteiger partial charge in [-0.25, -0.2) is 0 Å². The minimum Gasteiger partial charge on any atom is -0.508 e. The summed E-state index contributed by atoms with van der Waals surface area (Å²) in [4.78, 5) is 80.5. The van der Waals surface area contributed by atoms with Gasteiger partial charge in [-0.15, -0.1) is 12.4 Å². The Hall–Kier alpha value is -6.60. The normalized spacial score (nSPS) is 11.1. The highest BCUT2D eigenvalue weighted by molar-refractivity contribution is 6.11. The largest absolute Gasteiger partial charge is 0.508 e. The topological polar surface area (TPSA) is 223 Å². The van der Waals surface area contributed by atoms with Crippen LogP contribution in [0.4, 0.5) is 0 Å². The van der Waals surface area contributed by atoms with E-state index in [2.05, 4.69) is 0 Å². The number of hydrogen-bond acceptors (Lipinski definition) is 12. The summed E-state index contributed by atoms with van der Waals surface area (Å²) in [5.41, 5.74) is 5.55. The molecule has 0 aliphatic carbocycles. The number of aliphatic carboxylic acids is 1. The summed E-state index contributed by atoms with van der Waals surface area (Å²) in [6, 6.07) is 15.1. The number of phenolic OH excluding ortho intramolecular Hbond substituents is 3. The molecule has 13 nitrogen and oxygen atoms in total. The van der Waals surface area contributed by atoms with E-state index >= 15 is 0 Å². The van der Waals surface area contributed by atoms with Crippen LogP contribution in [0.15, 0.2) is 63.8 Å². The van der Waals surface area contributed by atoms with Crippen LogP contribution in [-0.2, 0) is 19.8 Å². The Bertz CT molecular complexity index is 2840. The number of carboxylic acid groups (broad SMARTS) is 1. The average Bonchev–Trinajstić information content (AvgIpc) is 3.15. The average molecular weight is 1030 g/mol. The van der Waals surface area contributed by atoms with Gasteiger partial charge in [0.25, 0.3) is 0 Å². The number of hydrogen-bond donors (Lipinski definition) is 4. The molecule has 400 valence electrons. The van der Waals surface area contributed by atoms with E-state index in [1.807, 2.05) is 73.6 Å². The molecule has 0 saturated carbocycles. The number of phenols is 3. The number of ether oxygens (including phenoxy) is 1. The lowest BCUT2D eigenvalue weighted by atomic mass is 9.86. The molecule has 0 aliphatic heterocycles. The number of rotatable bonds is 6. The molecule has 0 radical (unpaired) electrons. The molecule has 0 fully saturated rings. The maximum atomic E-state index is 12.1. The number of benzene rings is 4. The first-order valence-electron chi connectivity index (χ1n) is 23.5. The third-order valence-corrected chi connectivity index (χ3v) is 10.7. The van der Waals surface area contributed by atoms with Gasteiger partial charge in [0, 0.05) is 23.0 Å². The zero-order valence-corrected chi connectivity index (χ0v) is 47.6. The molecule has 1 heterocycles. The number of esters is 1. The van der Waals surface area contributed by atoms with E-state index in [1.54, 1.807) is 100 Å². The minimum atomic E-state index is -0.757. The van der Waals surface area contributed by atoms with E-state index in [1.165, 1.54) is 26.0 Å². The Kier molecular flexibility index (Phi) is 24.0. The highest BCUT2D eigenvalue weighted by atomic mass is 35.5. The first-order chi connectivity index (χ1) is 32.5. The fourth-order valence-electron chi connectivity index (χ4n) is 6.77. The predicted molar refractivity (Wildman–Crippen MR) is 292 cm³/mol. The maximum absolute atomic E-state index is 12.1. The third-order valence-electron chi connectivity index (χ3n) is 10.7. The van der Waals surface area contributed by atoms with Crippen LogP contribution >= 0.6 is 12.4 Å². The van der Waals surface area contributed by atoms with Crippen LogP contribution in [0.2, 0.25) is 0 Å². The molecule has 14 heteroatoms. The molecule has 5 rings (SSSR count). The van der Waals surface area contributed by atoms with Gasteiger partial charge in [-0.2, -0.15) is 0 Å². The summed E-state index contributed by atoms with van der Waals surface area (Å²) in [7, 11) is 0. The molecule has 0 aliphatic rings. The van der Waals surface area contributed by atoms with Crippen molar-refractivity contribution >= 4 is 58.4 Å². The zero-order valence-electron chi connectivity index (χ0n) is 46.8. The third kappa shape index (κ3) is 20.4. The van der Waals surface area contributed by atoms with Gasteiger partial charge in [0.15, 0.2) is 22.8 Å². The number of ketones is 4. The van der Waals surface area contributed by atoms with E-state index in [9.17, 15) is 48.9 Å². The molecule has 73 heavy (non-hydrogen) atoms. The monoisotopic (exact) mass is 1030 g/mol. The molecule has 1 aromatic heterocycles. The van der Waals surface area contributed by atoms with E-state index in [0.29, 0.717) is 39.2 Å². The van der Waals surface area contributed by atoms with Crippen molar-refractivity contribution < 1.29 is 58.3 Å². The van der Waals surface area contributed by atoms with Gasteiger partial charge in [-0.3, -0.25) is 33.6 Å². The van der Waals surface area contributed by atoms with Crippen LogP contribution < -0.4 is 10.2 Å². The SMILES string of the molecule is CC(=O)c1c(C)cc(C)cc1O.CC(=O)c1c(C)cc(C)cc1OC(=O)C(C)(C)C.CC(C)(C)C(=O)O.Cc1cc(C)c(C(=O)CC(=O)C(C)(C)C)c(O)c1.Cc1cc(O)cc2oc(C(C)(C)C)cc(=O)c12.Cl. The number of aryl methyl sites for hydroxylation is 7. The Morgan fingerprint density at radius 1 is 0.534 bits per heavy atom. The summed E-state index contributed by atoms with van der Waals surface area (Å²) >= 11 is 0. The molecular formula is C59H79ClO13. The van der Waals surface area contributed by atoms with Crippen LogP contribution in [0.1, 0.15) is 179 Å². The molecular weight excluding hydrogens is 952 g/mol. The summed E-state index contributed by atoms with van der Waals surface area (Å²) in [6.45, 7) is 37.4. The second-order valence-corrected chi connectivity index (χ2v) is 22.3. The fourth-order valence-corrected chi connectivity index (χ4v) is 6.77. The van der Waals surface area contributed by atoms with Gasteiger partial charge in [-0.05, 0) is 167 Å². The molecule has 4 N–H and O–H groups in total. The van der Waals surface area contributed by atoms with Gasteiger partial charge in [-0.1, -0.05) is 59.7 Å². The minimum absolute atomic E-state index is 0. The molecule has 5 aromatic rings. The summed E-state index contributed by atoms with van der Waals surface area (Å²) < 4.78 is 11.1. The summed E-state index contributed by atoms with van der Waals surface area (Å²) in [6.07, 6.45) is -0.166. The first-order valence-corrected chi connectivity index (χ1v) is 23.5. The van der Waals surface area contributed by atoms with Crippen LogP contribution in [0.25, 0.3) is 11.0 Å². The number of aromatic hydroxyl groups is 3. The lowest BCUT2D eigenvalue weighted by Crippen LogP contribution is -2.26. The van der Waals surface area contributed by atoms with Crippen molar-refractivity contribution in [2.75, 3.05) is 0 Å². The molecule has 4 aromatic carbocycles. The van der Waals surface area contributed by atoms with Gasteiger partial charge < -0.3 is 29.6 Å². The Morgan fingerprint density at radius 2 is 0.945 bits per heavy atom. The number of Topliss-reactive ketones (excluding diaryl/α,β-unsaturated/α-hetero) is 4. The number of carboxylic acids is 1. The molecule has 0 spiro atoms. The Labute approximate surface area is 437 Å². The Morgan fingerprint density at radius 3 is 1.32 bits per heavy atom. The number of halogens is 1. The second kappa shape index (κ2) is 26.4. The van der Waals surface area contributed by atoms with Crippen molar-refractivity contribution in [3.05, 3.63) is 126 Å². The molecule has 0 bridgehead atoms. The van der Waals surface area contributed by atoms with E-state index in [-0.39, 0.29) is 81.6 Å².